The summed E-state index contributed by atoms with van der Waals surface area (Å²) in [5, 5.41) is 14.1. The number of nitrogens with zero attached hydrogens (tertiary/aromatic N) is 2. The molecule has 2 N–H and O–H groups in total. The molecule has 0 bridgehead atoms. The number of pyridine rings is 1. The standard InChI is InChI=1S/C14H11FN4O/c1-17-13-12(6-10(15)8-18-13)14(20)19-11-4-2-3-9(5-11)7-16/h2-6,8H,1H3,(H,17,18)(H,19,20). The Hall–Kier alpha value is -2.94. The lowest BCUT2D eigenvalue weighted by Crippen LogP contribution is -2.15. The van der Waals surface area contributed by atoms with Gasteiger partial charge in [-0.3, -0.25) is 4.79 Å². The van der Waals surface area contributed by atoms with Crippen LogP contribution in [-0.4, -0.2) is 17.9 Å². The van der Waals surface area contributed by atoms with E-state index in [1.165, 1.54) is 6.07 Å². The van der Waals surface area contributed by atoms with Gasteiger partial charge in [0.25, 0.3) is 5.91 Å². The summed E-state index contributed by atoms with van der Waals surface area (Å²) in [7, 11) is 1.59. The van der Waals surface area contributed by atoms with Gasteiger partial charge >= 0.3 is 0 Å². The highest BCUT2D eigenvalue weighted by molar-refractivity contribution is 6.07. The molecule has 0 aliphatic carbocycles. The third-order valence-corrected chi connectivity index (χ3v) is 2.59. The first-order valence-electron chi connectivity index (χ1n) is 5.79. The number of nitrogens with one attached hydrogen (secondary N) is 2. The first-order valence-corrected chi connectivity index (χ1v) is 5.79. The number of benzene rings is 1. The van der Waals surface area contributed by atoms with Crippen LogP contribution in [0.4, 0.5) is 15.9 Å². The molecule has 5 nitrogen and oxygen atoms in total. The van der Waals surface area contributed by atoms with E-state index in [-0.39, 0.29) is 11.4 Å². The van der Waals surface area contributed by atoms with Gasteiger partial charge in [0.2, 0.25) is 0 Å². The Morgan fingerprint density at radius 3 is 2.90 bits per heavy atom. The molecule has 0 saturated carbocycles. The summed E-state index contributed by atoms with van der Waals surface area (Å²) in [4.78, 5) is 15.9. The SMILES string of the molecule is CNc1ncc(F)cc1C(=O)Nc1cccc(C#N)c1. The van der Waals surface area contributed by atoms with Crippen LogP contribution in [0.5, 0.6) is 0 Å². The van der Waals surface area contributed by atoms with Gasteiger partial charge in [0, 0.05) is 12.7 Å². The first-order chi connectivity index (χ1) is 9.63. The fraction of sp³-hybridized carbons (Fsp3) is 0.0714. The summed E-state index contributed by atoms with van der Waals surface area (Å²) in [6.45, 7) is 0. The molecule has 1 aromatic carbocycles. The fourth-order valence-electron chi connectivity index (χ4n) is 1.68. The average molecular weight is 270 g/mol. The van der Waals surface area contributed by atoms with Gasteiger partial charge in [0.15, 0.2) is 0 Å². The van der Waals surface area contributed by atoms with Crippen molar-refractivity contribution in [2.24, 2.45) is 0 Å². The van der Waals surface area contributed by atoms with Gasteiger partial charge in [0.05, 0.1) is 23.4 Å². The molecule has 0 saturated heterocycles. The second-order valence-corrected chi connectivity index (χ2v) is 3.95. The highest BCUT2D eigenvalue weighted by atomic mass is 19.1. The van der Waals surface area contributed by atoms with E-state index in [1.807, 2.05) is 6.07 Å². The van der Waals surface area contributed by atoms with Crippen LogP contribution in [0.25, 0.3) is 0 Å². The van der Waals surface area contributed by atoms with E-state index in [4.69, 9.17) is 5.26 Å². The zero-order valence-corrected chi connectivity index (χ0v) is 10.6. The predicted octanol–water partition coefficient (Wildman–Crippen LogP) is 2.39. The molecule has 0 atom stereocenters. The van der Waals surface area contributed by atoms with E-state index in [0.717, 1.165) is 12.3 Å². The minimum Gasteiger partial charge on any atom is -0.372 e. The number of hydrogen-bond acceptors (Lipinski definition) is 4. The normalized spacial score (nSPS) is 9.65. The van der Waals surface area contributed by atoms with Gasteiger partial charge in [-0.25, -0.2) is 9.37 Å². The summed E-state index contributed by atoms with van der Waals surface area (Å²) in [5.74, 6) is -0.822. The lowest BCUT2D eigenvalue weighted by atomic mass is 10.2. The van der Waals surface area contributed by atoms with Crippen LogP contribution in [0.1, 0.15) is 15.9 Å². The van der Waals surface area contributed by atoms with Crippen LogP contribution in [0, 0.1) is 17.1 Å². The van der Waals surface area contributed by atoms with E-state index in [0.29, 0.717) is 11.3 Å². The van der Waals surface area contributed by atoms with Crippen LogP contribution in [-0.2, 0) is 0 Å². The zero-order chi connectivity index (χ0) is 14.5. The lowest BCUT2D eigenvalue weighted by molar-refractivity contribution is 0.102. The van der Waals surface area contributed by atoms with Gasteiger partial charge < -0.3 is 10.6 Å². The maximum atomic E-state index is 13.2. The lowest BCUT2D eigenvalue weighted by Gasteiger charge is -2.09. The molecule has 0 radical (unpaired) electrons. The van der Waals surface area contributed by atoms with Crippen LogP contribution >= 0.6 is 0 Å². The van der Waals surface area contributed by atoms with Gasteiger partial charge in [-0.05, 0) is 24.3 Å². The Morgan fingerprint density at radius 1 is 1.40 bits per heavy atom. The van der Waals surface area contributed by atoms with Crippen molar-refractivity contribution in [3.8, 4) is 6.07 Å². The number of nitriles is 1. The van der Waals surface area contributed by atoms with Crippen molar-refractivity contribution < 1.29 is 9.18 Å². The van der Waals surface area contributed by atoms with E-state index in [1.54, 1.807) is 25.2 Å². The highest BCUT2D eigenvalue weighted by Gasteiger charge is 2.13. The van der Waals surface area contributed by atoms with Crippen LogP contribution < -0.4 is 10.6 Å². The molecule has 1 amide bonds. The maximum Gasteiger partial charge on any atom is 0.259 e. The van der Waals surface area contributed by atoms with Crippen molar-refractivity contribution in [3.05, 3.63) is 53.5 Å². The molecule has 6 heteroatoms. The molecule has 0 aliphatic heterocycles. The molecule has 0 aliphatic rings. The number of aromatic nitrogens is 1. The van der Waals surface area contributed by atoms with Crippen molar-refractivity contribution in [3.63, 3.8) is 0 Å². The van der Waals surface area contributed by atoms with Crippen LogP contribution in [0.2, 0.25) is 0 Å². The summed E-state index contributed by atoms with van der Waals surface area (Å²) in [5.41, 5.74) is 0.976. The van der Waals surface area contributed by atoms with Crippen LogP contribution in [0.3, 0.4) is 0 Å². The summed E-state index contributed by atoms with van der Waals surface area (Å²) >= 11 is 0. The summed E-state index contributed by atoms with van der Waals surface area (Å²) < 4.78 is 13.2. The molecule has 1 aromatic heterocycles. The topological polar surface area (TPSA) is 77.8 Å². The van der Waals surface area contributed by atoms with E-state index >= 15 is 0 Å². The van der Waals surface area contributed by atoms with Crippen molar-refractivity contribution in [2.75, 3.05) is 17.7 Å². The second kappa shape index (κ2) is 5.80. The largest absolute Gasteiger partial charge is 0.372 e. The molecule has 2 rings (SSSR count). The Balaban J connectivity index is 2.28. The first kappa shape index (κ1) is 13.5. The number of carbonyl (C=O) groups is 1. The minimum atomic E-state index is -0.597. The molecule has 20 heavy (non-hydrogen) atoms. The number of anilines is 2. The predicted molar refractivity (Wildman–Crippen MR) is 72.9 cm³/mol. The smallest absolute Gasteiger partial charge is 0.259 e. The molecule has 2 aromatic rings. The zero-order valence-electron chi connectivity index (χ0n) is 10.6. The van der Waals surface area contributed by atoms with E-state index < -0.39 is 11.7 Å². The molecular weight excluding hydrogens is 259 g/mol. The van der Waals surface area contributed by atoms with Gasteiger partial charge in [-0.15, -0.1) is 0 Å². The quantitative estimate of drug-likeness (QED) is 0.897. The second-order valence-electron chi connectivity index (χ2n) is 3.95. The number of amides is 1. The number of carbonyl (C=O) groups excluding carboxylic acids is 1. The number of rotatable bonds is 3. The Kier molecular flexibility index (Phi) is 3.91. The van der Waals surface area contributed by atoms with Gasteiger partial charge in [-0.1, -0.05) is 6.07 Å². The molecule has 0 fully saturated rings. The Morgan fingerprint density at radius 2 is 2.20 bits per heavy atom. The molecule has 0 spiro atoms. The van der Waals surface area contributed by atoms with Crippen molar-refractivity contribution in [1.82, 2.24) is 4.98 Å². The Labute approximate surface area is 115 Å². The maximum absolute atomic E-state index is 13.2. The number of hydrogen-bond donors (Lipinski definition) is 2. The fourth-order valence-corrected chi connectivity index (χ4v) is 1.68. The summed E-state index contributed by atoms with van der Waals surface area (Å²) in [6, 6.07) is 9.52. The highest BCUT2D eigenvalue weighted by Crippen LogP contribution is 2.16. The molecule has 0 unspecified atom stereocenters. The molecular formula is C14H11FN4O. The summed E-state index contributed by atoms with van der Waals surface area (Å²) in [6.07, 6.45) is 1.03. The van der Waals surface area contributed by atoms with Crippen molar-refractivity contribution in [1.29, 1.82) is 5.26 Å². The van der Waals surface area contributed by atoms with Crippen molar-refractivity contribution in [2.45, 2.75) is 0 Å². The average Bonchev–Trinajstić information content (AvgIpc) is 2.47. The molecule has 1 heterocycles. The third-order valence-electron chi connectivity index (χ3n) is 2.59. The van der Waals surface area contributed by atoms with Gasteiger partial charge in [0.1, 0.15) is 11.6 Å². The van der Waals surface area contributed by atoms with Crippen molar-refractivity contribution >= 4 is 17.4 Å². The van der Waals surface area contributed by atoms with Gasteiger partial charge in [-0.2, -0.15) is 5.26 Å². The van der Waals surface area contributed by atoms with Crippen LogP contribution in [0.15, 0.2) is 36.5 Å². The van der Waals surface area contributed by atoms with E-state index in [2.05, 4.69) is 15.6 Å². The minimum absolute atomic E-state index is 0.0925. The Bertz CT molecular complexity index is 694. The van der Waals surface area contributed by atoms with E-state index in [9.17, 15) is 9.18 Å². The monoisotopic (exact) mass is 270 g/mol. The molecule has 100 valence electrons. The third kappa shape index (κ3) is 2.90. The number of halogens is 1.